The van der Waals surface area contributed by atoms with E-state index in [9.17, 15) is 0 Å². The van der Waals surface area contributed by atoms with E-state index in [-0.39, 0.29) is 0 Å². The average Bonchev–Trinajstić information content (AvgIpc) is 2.90. The van der Waals surface area contributed by atoms with Crippen molar-refractivity contribution in [2.24, 2.45) is 0 Å². The maximum absolute atomic E-state index is 3.52. The minimum absolute atomic E-state index is 0.947. The van der Waals surface area contributed by atoms with Crippen LogP contribution in [0.4, 0.5) is 0 Å². The first-order valence-corrected chi connectivity index (χ1v) is 7.12. The molecule has 0 radical (unpaired) electrons. The van der Waals surface area contributed by atoms with Crippen molar-refractivity contribution in [2.75, 3.05) is 0 Å². The Kier molecular flexibility index (Phi) is 4.40. The monoisotopic (exact) mass is 248 g/mol. The summed E-state index contributed by atoms with van der Waals surface area (Å²) in [5.74, 6) is 0. The Balaban J connectivity index is 1.86. The highest BCUT2D eigenvalue weighted by molar-refractivity contribution is 7.08. The van der Waals surface area contributed by atoms with Crippen LogP contribution >= 0.6 is 11.3 Å². The van der Waals surface area contributed by atoms with Crippen LogP contribution in [0.25, 0.3) is 0 Å². The normalized spacial score (nSPS) is 10.9. The second kappa shape index (κ2) is 6.03. The molecule has 0 unspecified atom stereocenters. The second-order valence-corrected chi connectivity index (χ2v) is 5.12. The molecular formula is C14H20N2S. The third kappa shape index (κ3) is 3.20. The molecule has 2 nitrogen and oxygen atoms in total. The van der Waals surface area contributed by atoms with E-state index >= 15 is 0 Å². The zero-order valence-corrected chi connectivity index (χ0v) is 11.4. The van der Waals surface area contributed by atoms with E-state index in [2.05, 4.69) is 52.8 Å². The number of rotatable bonds is 6. The number of aromatic nitrogens is 1. The van der Waals surface area contributed by atoms with Crippen LogP contribution < -0.4 is 5.32 Å². The lowest BCUT2D eigenvalue weighted by Crippen LogP contribution is -2.15. The molecule has 0 amide bonds. The summed E-state index contributed by atoms with van der Waals surface area (Å²) in [6, 6.07) is 4.33. The fourth-order valence-electron chi connectivity index (χ4n) is 1.96. The van der Waals surface area contributed by atoms with Crippen molar-refractivity contribution in [3.05, 3.63) is 45.9 Å². The Morgan fingerprint density at radius 1 is 1.29 bits per heavy atom. The van der Waals surface area contributed by atoms with Gasteiger partial charge >= 0.3 is 0 Å². The fourth-order valence-corrected chi connectivity index (χ4v) is 2.82. The quantitative estimate of drug-likeness (QED) is 0.827. The predicted molar refractivity (Wildman–Crippen MR) is 74.3 cm³/mol. The summed E-state index contributed by atoms with van der Waals surface area (Å²) in [6.45, 7) is 7.41. The molecule has 0 fully saturated rings. The van der Waals surface area contributed by atoms with Gasteiger partial charge in [-0.15, -0.1) is 0 Å². The van der Waals surface area contributed by atoms with Gasteiger partial charge in [-0.05, 0) is 47.4 Å². The van der Waals surface area contributed by atoms with E-state index in [4.69, 9.17) is 0 Å². The molecule has 1 N–H and O–H groups in total. The van der Waals surface area contributed by atoms with Crippen LogP contribution in [0.2, 0.25) is 0 Å². The molecule has 92 valence electrons. The van der Waals surface area contributed by atoms with Gasteiger partial charge in [0, 0.05) is 31.5 Å². The Hall–Kier alpha value is -1.06. The lowest BCUT2D eigenvalue weighted by atomic mass is 10.2. The first kappa shape index (κ1) is 12.4. The van der Waals surface area contributed by atoms with Gasteiger partial charge in [-0.2, -0.15) is 11.3 Å². The predicted octanol–water partition coefficient (Wildman–Crippen LogP) is 3.56. The van der Waals surface area contributed by atoms with Crippen LogP contribution in [0.5, 0.6) is 0 Å². The number of aryl methyl sites for hydroxylation is 2. The topological polar surface area (TPSA) is 17.0 Å². The lowest BCUT2D eigenvalue weighted by molar-refractivity contribution is 0.602. The van der Waals surface area contributed by atoms with Gasteiger partial charge in [0.15, 0.2) is 0 Å². The first-order chi connectivity index (χ1) is 8.31. The van der Waals surface area contributed by atoms with Gasteiger partial charge < -0.3 is 9.88 Å². The molecule has 2 aromatic rings. The molecule has 0 bridgehead atoms. The molecule has 0 atom stereocenters. The molecular weight excluding hydrogens is 228 g/mol. The molecule has 0 aromatic carbocycles. The van der Waals surface area contributed by atoms with E-state index in [0.717, 1.165) is 19.6 Å². The van der Waals surface area contributed by atoms with Crippen LogP contribution in [0.15, 0.2) is 29.1 Å². The highest BCUT2D eigenvalue weighted by Crippen LogP contribution is 2.13. The van der Waals surface area contributed by atoms with Gasteiger partial charge in [-0.25, -0.2) is 0 Å². The maximum Gasteiger partial charge on any atom is 0.0362 e. The Morgan fingerprint density at radius 2 is 2.18 bits per heavy atom. The molecule has 0 saturated carbocycles. The Bertz CT molecular complexity index is 456. The highest BCUT2D eigenvalue weighted by Gasteiger charge is 2.01. The largest absolute Gasteiger partial charge is 0.350 e. The molecule has 0 aliphatic heterocycles. The standard InChI is InChI=1S/C14H20N2S/c1-3-6-16-7-4-5-14(16)9-15-8-13-11-17-10-12(13)2/h4-5,7,10-11,15H,3,6,8-9H2,1-2H3. The summed E-state index contributed by atoms with van der Waals surface area (Å²) in [5, 5.41) is 7.95. The van der Waals surface area contributed by atoms with Gasteiger partial charge in [0.25, 0.3) is 0 Å². The smallest absolute Gasteiger partial charge is 0.0362 e. The summed E-state index contributed by atoms with van der Waals surface area (Å²) >= 11 is 1.78. The van der Waals surface area contributed by atoms with Crippen LogP contribution in [0.1, 0.15) is 30.2 Å². The van der Waals surface area contributed by atoms with Crippen molar-refractivity contribution >= 4 is 11.3 Å². The average molecular weight is 248 g/mol. The van der Waals surface area contributed by atoms with Gasteiger partial charge in [0.05, 0.1) is 0 Å². The molecule has 3 heteroatoms. The number of nitrogens with zero attached hydrogens (tertiary/aromatic N) is 1. The Morgan fingerprint density at radius 3 is 2.88 bits per heavy atom. The molecule has 0 aliphatic carbocycles. The van der Waals surface area contributed by atoms with E-state index in [1.807, 2.05) is 0 Å². The Labute approximate surface area is 107 Å². The van der Waals surface area contributed by atoms with Crippen LogP contribution in [0, 0.1) is 6.92 Å². The fraction of sp³-hybridized carbons (Fsp3) is 0.429. The van der Waals surface area contributed by atoms with Crippen molar-refractivity contribution in [3.63, 3.8) is 0 Å². The molecule has 17 heavy (non-hydrogen) atoms. The number of thiophene rings is 1. The maximum atomic E-state index is 3.52. The molecule has 0 spiro atoms. The molecule has 0 aliphatic rings. The first-order valence-electron chi connectivity index (χ1n) is 6.17. The van der Waals surface area contributed by atoms with Crippen molar-refractivity contribution in [2.45, 2.75) is 39.9 Å². The van der Waals surface area contributed by atoms with Crippen molar-refractivity contribution in [1.82, 2.24) is 9.88 Å². The molecule has 2 heterocycles. The van der Waals surface area contributed by atoms with Crippen LogP contribution in [0.3, 0.4) is 0 Å². The van der Waals surface area contributed by atoms with Crippen molar-refractivity contribution in [3.8, 4) is 0 Å². The van der Waals surface area contributed by atoms with Crippen LogP contribution in [-0.2, 0) is 19.6 Å². The summed E-state index contributed by atoms with van der Waals surface area (Å²) in [6.07, 6.45) is 3.35. The SMILES string of the molecule is CCCn1cccc1CNCc1cscc1C. The third-order valence-electron chi connectivity index (χ3n) is 2.97. The summed E-state index contributed by atoms with van der Waals surface area (Å²) in [4.78, 5) is 0. The number of hydrogen-bond donors (Lipinski definition) is 1. The lowest BCUT2D eigenvalue weighted by Gasteiger charge is -2.09. The van der Waals surface area contributed by atoms with Crippen molar-refractivity contribution < 1.29 is 0 Å². The van der Waals surface area contributed by atoms with Gasteiger partial charge in [0.2, 0.25) is 0 Å². The summed E-state index contributed by atoms with van der Waals surface area (Å²) in [7, 11) is 0. The van der Waals surface area contributed by atoms with Crippen molar-refractivity contribution in [1.29, 1.82) is 0 Å². The van der Waals surface area contributed by atoms with Crippen LogP contribution in [-0.4, -0.2) is 4.57 Å². The molecule has 2 aromatic heterocycles. The second-order valence-electron chi connectivity index (χ2n) is 4.38. The van der Waals surface area contributed by atoms with E-state index < -0.39 is 0 Å². The minimum Gasteiger partial charge on any atom is -0.350 e. The summed E-state index contributed by atoms with van der Waals surface area (Å²) in [5.41, 5.74) is 4.19. The molecule has 0 saturated heterocycles. The van der Waals surface area contributed by atoms with Gasteiger partial charge in [0.1, 0.15) is 0 Å². The zero-order valence-electron chi connectivity index (χ0n) is 10.6. The van der Waals surface area contributed by atoms with E-state index in [1.165, 1.54) is 23.2 Å². The van der Waals surface area contributed by atoms with E-state index in [1.54, 1.807) is 11.3 Å². The number of hydrogen-bond acceptors (Lipinski definition) is 2. The van der Waals surface area contributed by atoms with E-state index in [0.29, 0.717) is 0 Å². The highest BCUT2D eigenvalue weighted by atomic mass is 32.1. The molecule has 2 rings (SSSR count). The minimum atomic E-state index is 0.947. The third-order valence-corrected chi connectivity index (χ3v) is 3.88. The van der Waals surface area contributed by atoms with Gasteiger partial charge in [-0.3, -0.25) is 0 Å². The summed E-state index contributed by atoms with van der Waals surface area (Å²) < 4.78 is 2.33. The number of nitrogens with one attached hydrogen (secondary N) is 1. The zero-order chi connectivity index (χ0) is 12.1. The van der Waals surface area contributed by atoms with Gasteiger partial charge in [-0.1, -0.05) is 6.92 Å².